The minimum atomic E-state index is -0.260. The van der Waals surface area contributed by atoms with E-state index < -0.39 is 0 Å². The van der Waals surface area contributed by atoms with Crippen LogP contribution < -0.4 is 5.32 Å². The van der Waals surface area contributed by atoms with Crippen molar-refractivity contribution in [3.63, 3.8) is 0 Å². The Kier molecular flexibility index (Phi) is 4.20. The van der Waals surface area contributed by atoms with Crippen molar-refractivity contribution in [1.82, 2.24) is 9.78 Å². The number of halogens is 1. The summed E-state index contributed by atoms with van der Waals surface area (Å²) in [7, 11) is 1.77. The number of hydrogen-bond donors (Lipinski definition) is 1. The second-order valence-electron chi connectivity index (χ2n) is 4.27. The van der Waals surface area contributed by atoms with E-state index in [1.165, 1.54) is 0 Å². The fraction of sp³-hybridized carbons (Fsp3) is 0.214. The lowest BCUT2D eigenvalue weighted by Gasteiger charge is -2.07. The highest BCUT2D eigenvalue weighted by Gasteiger charge is 2.16. The zero-order valence-electron chi connectivity index (χ0n) is 11.1. The summed E-state index contributed by atoms with van der Waals surface area (Å²) in [5, 5.41) is 16.1. The molecule has 5 nitrogen and oxygen atoms in total. The third-order valence-electron chi connectivity index (χ3n) is 2.84. The van der Waals surface area contributed by atoms with Gasteiger partial charge in [-0.3, -0.25) is 9.48 Å². The molecular weight excluding hydrogens is 320 g/mol. The first-order valence-electron chi connectivity index (χ1n) is 6.08. The van der Waals surface area contributed by atoms with Crippen LogP contribution in [0.15, 0.2) is 28.9 Å². The SMILES string of the molecule is CCc1nn(C)cc1C(=O)Nc1cc(Br)ccc1C#N. The monoisotopic (exact) mass is 332 g/mol. The Bertz CT molecular complexity index is 700. The van der Waals surface area contributed by atoms with Crippen LogP contribution >= 0.6 is 15.9 Å². The number of nitrogens with one attached hydrogen (secondary N) is 1. The van der Waals surface area contributed by atoms with Gasteiger partial charge in [0.2, 0.25) is 0 Å². The lowest BCUT2D eigenvalue weighted by Crippen LogP contribution is -2.14. The molecule has 0 bridgehead atoms. The maximum absolute atomic E-state index is 12.3. The first-order valence-corrected chi connectivity index (χ1v) is 6.88. The zero-order valence-corrected chi connectivity index (χ0v) is 12.7. The third-order valence-corrected chi connectivity index (χ3v) is 3.33. The quantitative estimate of drug-likeness (QED) is 0.939. The van der Waals surface area contributed by atoms with Crippen LogP contribution in [0, 0.1) is 11.3 Å². The summed E-state index contributed by atoms with van der Waals surface area (Å²) in [6, 6.07) is 7.18. The second kappa shape index (κ2) is 5.88. The summed E-state index contributed by atoms with van der Waals surface area (Å²) in [6.45, 7) is 1.94. The second-order valence-corrected chi connectivity index (χ2v) is 5.19. The standard InChI is InChI=1S/C14H13BrN4O/c1-3-12-11(8-19(2)18-12)14(20)17-13-6-10(15)5-4-9(13)7-16/h4-6,8H,3H2,1-2H3,(H,17,20). The summed E-state index contributed by atoms with van der Waals surface area (Å²) in [6.07, 6.45) is 2.35. The molecule has 0 unspecified atom stereocenters. The number of amides is 1. The van der Waals surface area contributed by atoms with Gasteiger partial charge in [0.1, 0.15) is 6.07 Å². The molecule has 2 rings (SSSR count). The Morgan fingerprint density at radius 2 is 2.30 bits per heavy atom. The summed E-state index contributed by atoms with van der Waals surface area (Å²) in [4.78, 5) is 12.3. The third kappa shape index (κ3) is 2.89. The van der Waals surface area contributed by atoms with Crippen molar-refractivity contribution >= 4 is 27.5 Å². The number of nitriles is 1. The number of benzene rings is 1. The number of aryl methyl sites for hydroxylation is 2. The predicted octanol–water partition coefficient (Wildman–Crippen LogP) is 2.87. The average Bonchev–Trinajstić information content (AvgIpc) is 2.80. The lowest BCUT2D eigenvalue weighted by molar-refractivity contribution is 0.102. The number of anilines is 1. The summed E-state index contributed by atoms with van der Waals surface area (Å²) < 4.78 is 2.41. The minimum Gasteiger partial charge on any atom is -0.321 e. The maximum atomic E-state index is 12.3. The molecule has 2 aromatic rings. The van der Waals surface area contributed by atoms with E-state index in [1.807, 2.05) is 6.92 Å². The Morgan fingerprint density at radius 3 is 2.95 bits per heavy atom. The summed E-state index contributed by atoms with van der Waals surface area (Å²) in [5.74, 6) is -0.260. The van der Waals surface area contributed by atoms with Crippen molar-refractivity contribution in [1.29, 1.82) is 5.26 Å². The van der Waals surface area contributed by atoms with Gasteiger partial charge >= 0.3 is 0 Å². The van der Waals surface area contributed by atoms with Gasteiger partial charge in [0, 0.05) is 17.7 Å². The van der Waals surface area contributed by atoms with Crippen LogP contribution in [0.2, 0.25) is 0 Å². The molecule has 0 saturated heterocycles. The minimum absolute atomic E-state index is 0.260. The van der Waals surface area contributed by atoms with Crippen molar-refractivity contribution < 1.29 is 4.79 Å². The van der Waals surface area contributed by atoms with E-state index in [-0.39, 0.29) is 5.91 Å². The zero-order chi connectivity index (χ0) is 14.7. The van der Waals surface area contributed by atoms with Crippen molar-refractivity contribution in [2.45, 2.75) is 13.3 Å². The molecule has 1 aromatic carbocycles. The van der Waals surface area contributed by atoms with Crippen LogP contribution in [0.1, 0.15) is 28.5 Å². The van der Waals surface area contributed by atoms with Crippen molar-refractivity contribution in [3.8, 4) is 6.07 Å². The number of nitrogens with zero attached hydrogens (tertiary/aromatic N) is 3. The molecule has 0 aliphatic heterocycles. The fourth-order valence-electron chi connectivity index (χ4n) is 1.89. The molecule has 1 N–H and O–H groups in total. The lowest BCUT2D eigenvalue weighted by atomic mass is 10.1. The summed E-state index contributed by atoms with van der Waals surface area (Å²) >= 11 is 3.33. The van der Waals surface area contributed by atoms with E-state index in [0.29, 0.717) is 23.2 Å². The fourth-order valence-corrected chi connectivity index (χ4v) is 2.25. The molecule has 0 fully saturated rings. The molecule has 102 valence electrons. The number of hydrogen-bond acceptors (Lipinski definition) is 3. The summed E-state index contributed by atoms with van der Waals surface area (Å²) in [5.41, 5.74) is 2.17. The molecule has 0 aliphatic carbocycles. The molecule has 1 heterocycles. The smallest absolute Gasteiger partial charge is 0.259 e. The van der Waals surface area contributed by atoms with Gasteiger partial charge in [-0.2, -0.15) is 10.4 Å². The van der Waals surface area contributed by atoms with E-state index in [2.05, 4.69) is 32.4 Å². The maximum Gasteiger partial charge on any atom is 0.259 e. The largest absolute Gasteiger partial charge is 0.321 e. The molecular formula is C14H13BrN4O. The van der Waals surface area contributed by atoms with Gasteiger partial charge in [0.15, 0.2) is 0 Å². The van der Waals surface area contributed by atoms with Crippen LogP contribution in [0.5, 0.6) is 0 Å². The topological polar surface area (TPSA) is 70.7 Å². The van der Waals surface area contributed by atoms with Crippen LogP contribution in [-0.2, 0) is 13.5 Å². The van der Waals surface area contributed by atoms with Gasteiger partial charge in [0.25, 0.3) is 5.91 Å². The normalized spacial score (nSPS) is 10.1. The van der Waals surface area contributed by atoms with E-state index in [4.69, 9.17) is 5.26 Å². The van der Waals surface area contributed by atoms with Gasteiger partial charge in [-0.15, -0.1) is 0 Å². The van der Waals surface area contributed by atoms with E-state index >= 15 is 0 Å². The number of rotatable bonds is 3. The molecule has 0 atom stereocenters. The van der Waals surface area contributed by atoms with Crippen LogP contribution in [-0.4, -0.2) is 15.7 Å². The molecule has 0 saturated carbocycles. The molecule has 20 heavy (non-hydrogen) atoms. The van der Waals surface area contributed by atoms with E-state index in [1.54, 1.807) is 36.1 Å². The molecule has 0 aliphatic rings. The Labute approximate surface area is 125 Å². The number of carbonyl (C=O) groups is 1. The molecule has 6 heteroatoms. The van der Waals surface area contributed by atoms with Crippen molar-refractivity contribution in [3.05, 3.63) is 45.7 Å². The van der Waals surface area contributed by atoms with Crippen LogP contribution in [0.25, 0.3) is 0 Å². The van der Waals surface area contributed by atoms with Gasteiger partial charge in [-0.05, 0) is 24.6 Å². The van der Waals surface area contributed by atoms with Gasteiger partial charge in [-0.1, -0.05) is 22.9 Å². The number of aromatic nitrogens is 2. The van der Waals surface area contributed by atoms with Crippen LogP contribution in [0.4, 0.5) is 5.69 Å². The van der Waals surface area contributed by atoms with Crippen molar-refractivity contribution in [2.24, 2.45) is 7.05 Å². The molecule has 1 amide bonds. The van der Waals surface area contributed by atoms with Gasteiger partial charge in [-0.25, -0.2) is 0 Å². The predicted molar refractivity (Wildman–Crippen MR) is 79.4 cm³/mol. The molecule has 1 aromatic heterocycles. The highest BCUT2D eigenvalue weighted by Crippen LogP contribution is 2.22. The van der Waals surface area contributed by atoms with Crippen LogP contribution in [0.3, 0.4) is 0 Å². The van der Waals surface area contributed by atoms with Crippen molar-refractivity contribution in [2.75, 3.05) is 5.32 Å². The Hall–Kier alpha value is -2.13. The molecule has 0 radical (unpaired) electrons. The Morgan fingerprint density at radius 1 is 1.55 bits per heavy atom. The number of carbonyl (C=O) groups excluding carboxylic acids is 1. The molecule has 0 spiro atoms. The van der Waals surface area contributed by atoms with E-state index in [9.17, 15) is 4.79 Å². The average molecular weight is 333 g/mol. The Balaban J connectivity index is 2.32. The van der Waals surface area contributed by atoms with Gasteiger partial charge in [0.05, 0.1) is 22.5 Å². The first-order chi connectivity index (χ1) is 9.55. The van der Waals surface area contributed by atoms with Gasteiger partial charge < -0.3 is 5.32 Å². The van der Waals surface area contributed by atoms with E-state index in [0.717, 1.165) is 10.2 Å². The first kappa shape index (κ1) is 14.3. The highest BCUT2D eigenvalue weighted by molar-refractivity contribution is 9.10. The highest BCUT2D eigenvalue weighted by atomic mass is 79.9.